The number of halogens is 1. The maximum absolute atomic E-state index is 12.4. The summed E-state index contributed by atoms with van der Waals surface area (Å²) in [5, 5.41) is 5.13. The van der Waals surface area contributed by atoms with Crippen LogP contribution in [0.3, 0.4) is 0 Å². The lowest BCUT2D eigenvalue weighted by Crippen LogP contribution is -2.52. The van der Waals surface area contributed by atoms with Crippen molar-refractivity contribution < 1.29 is 9.59 Å². The molecule has 1 aliphatic carbocycles. The predicted octanol–water partition coefficient (Wildman–Crippen LogP) is 2.26. The fourth-order valence-corrected chi connectivity index (χ4v) is 3.49. The molecule has 6 N–H and O–H groups in total. The summed E-state index contributed by atoms with van der Waals surface area (Å²) in [6.45, 7) is 0. The molecular formula is C15H20ClN5O2S. The molecule has 0 saturated heterocycles. The molecule has 2 heterocycles. The van der Waals surface area contributed by atoms with Crippen LogP contribution in [0.1, 0.15) is 42.6 Å². The van der Waals surface area contributed by atoms with Crippen LogP contribution in [0, 0.1) is 0 Å². The number of aromatic nitrogens is 2. The van der Waals surface area contributed by atoms with E-state index in [1.807, 2.05) is 5.38 Å². The average Bonchev–Trinajstić information content (AvgIpc) is 3.16. The van der Waals surface area contributed by atoms with Crippen molar-refractivity contribution in [2.45, 2.75) is 37.6 Å². The maximum atomic E-state index is 12.4. The quantitative estimate of drug-likeness (QED) is 0.659. The molecule has 1 aliphatic rings. The van der Waals surface area contributed by atoms with E-state index in [0.29, 0.717) is 29.4 Å². The minimum Gasteiger partial charge on any atom is -0.364 e. The van der Waals surface area contributed by atoms with Crippen molar-refractivity contribution in [3.63, 3.8) is 0 Å². The van der Waals surface area contributed by atoms with Crippen LogP contribution in [0.2, 0.25) is 0 Å². The van der Waals surface area contributed by atoms with Crippen LogP contribution in [0.15, 0.2) is 17.6 Å². The van der Waals surface area contributed by atoms with E-state index < -0.39 is 11.4 Å². The molecule has 0 radical (unpaired) electrons. The largest absolute Gasteiger partial charge is 0.364 e. The lowest BCUT2D eigenvalue weighted by atomic mass is 9.82. The average molecular weight is 370 g/mol. The first-order chi connectivity index (χ1) is 11.0. The highest BCUT2D eigenvalue weighted by Crippen LogP contribution is 2.29. The first-order valence-corrected chi connectivity index (χ1v) is 8.40. The Hall–Kier alpha value is -1.90. The topological polar surface area (TPSA) is 127 Å². The van der Waals surface area contributed by atoms with E-state index in [1.165, 1.54) is 11.3 Å². The molecule has 0 spiro atoms. The van der Waals surface area contributed by atoms with E-state index in [2.05, 4.69) is 15.3 Å². The Bertz CT molecular complexity index is 736. The van der Waals surface area contributed by atoms with Crippen molar-refractivity contribution in [1.29, 1.82) is 0 Å². The Kier molecular flexibility index (Phi) is 5.63. The van der Waals surface area contributed by atoms with Crippen LogP contribution in [0.25, 0.3) is 11.3 Å². The van der Waals surface area contributed by atoms with Gasteiger partial charge in [0.05, 0.1) is 11.2 Å². The molecule has 2 amide bonds. The van der Waals surface area contributed by atoms with Gasteiger partial charge in [0.25, 0.3) is 5.91 Å². The molecule has 1 saturated carbocycles. The number of hydrogen-bond acceptors (Lipinski definition) is 5. The zero-order valence-electron chi connectivity index (χ0n) is 13.0. The summed E-state index contributed by atoms with van der Waals surface area (Å²) in [5.74, 6) is -0.702. The maximum Gasteiger partial charge on any atom is 0.265 e. The Morgan fingerprint density at radius 2 is 2.00 bits per heavy atom. The molecule has 24 heavy (non-hydrogen) atoms. The molecule has 0 bridgehead atoms. The number of anilines is 1. The summed E-state index contributed by atoms with van der Waals surface area (Å²) in [5.41, 5.74) is 12.4. The van der Waals surface area contributed by atoms with Gasteiger partial charge in [-0.05, 0) is 18.9 Å². The number of nitrogens with one attached hydrogen (secondary N) is 2. The Morgan fingerprint density at radius 1 is 1.29 bits per heavy atom. The summed E-state index contributed by atoms with van der Waals surface area (Å²) in [6.07, 6.45) is 6.15. The van der Waals surface area contributed by atoms with Gasteiger partial charge in [0, 0.05) is 17.1 Å². The number of nitrogens with two attached hydrogens (primary N) is 2. The number of carbonyl (C=O) groups is 2. The van der Waals surface area contributed by atoms with Gasteiger partial charge in [-0.1, -0.05) is 19.3 Å². The summed E-state index contributed by atoms with van der Waals surface area (Å²) in [4.78, 5) is 30.7. The fraction of sp³-hybridized carbons (Fsp3) is 0.400. The standard InChI is InChI=1S/C15H19N5O2S.ClH/c16-12(21)10-6-9(7-18-10)11-8-23-14(19-11)20-13(22)15(17)4-2-1-3-5-15;/h6-8,18H,1-5,17H2,(H2,16,21)(H,19,20,22);1H. The molecule has 2 aromatic heterocycles. The molecule has 3 rings (SSSR count). The van der Waals surface area contributed by atoms with Crippen molar-refractivity contribution in [3.05, 3.63) is 23.3 Å². The number of H-pyrrole nitrogens is 1. The highest BCUT2D eigenvalue weighted by Gasteiger charge is 2.35. The van der Waals surface area contributed by atoms with Crippen molar-refractivity contribution >= 4 is 40.7 Å². The second-order valence-corrected chi connectivity index (χ2v) is 6.73. The normalized spacial score (nSPS) is 16.2. The fourth-order valence-electron chi connectivity index (χ4n) is 2.78. The zero-order valence-corrected chi connectivity index (χ0v) is 14.6. The van der Waals surface area contributed by atoms with Gasteiger partial charge >= 0.3 is 0 Å². The molecule has 0 aliphatic heterocycles. The third-order valence-corrected chi connectivity index (χ3v) is 4.92. The highest BCUT2D eigenvalue weighted by molar-refractivity contribution is 7.14. The van der Waals surface area contributed by atoms with Crippen molar-refractivity contribution in [2.24, 2.45) is 11.5 Å². The zero-order chi connectivity index (χ0) is 16.4. The molecular weight excluding hydrogens is 350 g/mol. The molecule has 1 fully saturated rings. The number of hydrogen-bond donors (Lipinski definition) is 4. The van der Waals surface area contributed by atoms with Gasteiger partial charge in [-0.25, -0.2) is 4.98 Å². The SMILES string of the molecule is Cl.NC(=O)c1cc(-c2csc(NC(=O)C3(N)CCCCC3)n2)c[nH]1. The summed E-state index contributed by atoms with van der Waals surface area (Å²) in [7, 11) is 0. The summed E-state index contributed by atoms with van der Waals surface area (Å²) < 4.78 is 0. The number of thiazole rings is 1. The lowest BCUT2D eigenvalue weighted by Gasteiger charge is -2.31. The molecule has 2 aromatic rings. The van der Waals surface area contributed by atoms with Crippen LogP contribution >= 0.6 is 23.7 Å². The molecule has 9 heteroatoms. The smallest absolute Gasteiger partial charge is 0.265 e. The number of rotatable bonds is 4. The molecule has 0 aromatic carbocycles. The third kappa shape index (κ3) is 3.77. The van der Waals surface area contributed by atoms with E-state index in [4.69, 9.17) is 11.5 Å². The van der Waals surface area contributed by atoms with Gasteiger partial charge in [-0.2, -0.15) is 0 Å². The third-order valence-electron chi connectivity index (χ3n) is 4.17. The Balaban J connectivity index is 0.00000208. The molecule has 7 nitrogen and oxygen atoms in total. The number of nitrogens with zero attached hydrogens (tertiary/aromatic N) is 1. The van der Waals surface area contributed by atoms with E-state index >= 15 is 0 Å². The van der Waals surface area contributed by atoms with Crippen LogP contribution in [0.4, 0.5) is 5.13 Å². The van der Waals surface area contributed by atoms with E-state index in [9.17, 15) is 9.59 Å². The van der Waals surface area contributed by atoms with Crippen molar-refractivity contribution in [3.8, 4) is 11.3 Å². The number of carbonyl (C=O) groups excluding carboxylic acids is 2. The van der Waals surface area contributed by atoms with Crippen LogP contribution in [-0.2, 0) is 4.79 Å². The van der Waals surface area contributed by atoms with Gasteiger partial charge < -0.3 is 21.8 Å². The molecule has 0 atom stereocenters. The lowest BCUT2D eigenvalue weighted by molar-refractivity contribution is -0.122. The first-order valence-electron chi connectivity index (χ1n) is 7.52. The van der Waals surface area contributed by atoms with E-state index in [1.54, 1.807) is 12.3 Å². The summed E-state index contributed by atoms with van der Waals surface area (Å²) >= 11 is 1.32. The number of aromatic amines is 1. The minimum absolute atomic E-state index is 0. The van der Waals surface area contributed by atoms with Crippen LogP contribution < -0.4 is 16.8 Å². The summed E-state index contributed by atoms with van der Waals surface area (Å²) in [6, 6.07) is 1.63. The van der Waals surface area contributed by atoms with Crippen molar-refractivity contribution in [2.75, 3.05) is 5.32 Å². The second-order valence-electron chi connectivity index (χ2n) is 5.88. The van der Waals surface area contributed by atoms with E-state index in [-0.39, 0.29) is 18.3 Å². The molecule has 0 unspecified atom stereocenters. The Labute approximate surface area is 149 Å². The minimum atomic E-state index is -0.794. The van der Waals surface area contributed by atoms with Gasteiger partial charge in [-0.15, -0.1) is 23.7 Å². The van der Waals surface area contributed by atoms with Crippen LogP contribution in [0.5, 0.6) is 0 Å². The van der Waals surface area contributed by atoms with Crippen molar-refractivity contribution in [1.82, 2.24) is 9.97 Å². The van der Waals surface area contributed by atoms with Crippen LogP contribution in [-0.4, -0.2) is 27.3 Å². The Morgan fingerprint density at radius 3 is 2.62 bits per heavy atom. The van der Waals surface area contributed by atoms with Gasteiger partial charge in [0.1, 0.15) is 5.69 Å². The highest BCUT2D eigenvalue weighted by atomic mass is 35.5. The number of primary amides is 1. The van der Waals surface area contributed by atoms with Gasteiger partial charge in [0.15, 0.2) is 5.13 Å². The molecule has 130 valence electrons. The predicted molar refractivity (Wildman–Crippen MR) is 96.3 cm³/mol. The number of amides is 2. The second kappa shape index (κ2) is 7.33. The monoisotopic (exact) mass is 369 g/mol. The van der Waals surface area contributed by atoms with Gasteiger partial charge in [-0.3, -0.25) is 9.59 Å². The van der Waals surface area contributed by atoms with Gasteiger partial charge in [0.2, 0.25) is 5.91 Å². The van der Waals surface area contributed by atoms with E-state index in [0.717, 1.165) is 24.8 Å². The first kappa shape index (κ1) is 18.4.